The molecule has 124 valence electrons. The van der Waals surface area contributed by atoms with Crippen molar-refractivity contribution < 1.29 is 14.3 Å². The number of piperazine rings is 1. The highest BCUT2D eigenvalue weighted by Gasteiger charge is 2.40. The second-order valence-corrected chi connectivity index (χ2v) is 6.78. The summed E-state index contributed by atoms with van der Waals surface area (Å²) in [5.41, 5.74) is 0. The van der Waals surface area contributed by atoms with Crippen molar-refractivity contribution in [1.29, 1.82) is 0 Å². The maximum Gasteiger partial charge on any atom is 0.252 e. The second kappa shape index (κ2) is 6.54. The molecule has 6 heteroatoms. The first-order valence-corrected chi connectivity index (χ1v) is 8.42. The van der Waals surface area contributed by atoms with Crippen molar-refractivity contribution in [3.05, 3.63) is 0 Å². The monoisotopic (exact) mass is 309 g/mol. The molecule has 2 aliphatic heterocycles. The van der Waals surface area contributed by atoms with E-state index in [9.17, 15) is 9.59 Å². The van der Waals surface area contributed by atoms with E-state index in [1.807, 2.05) is 16.8 Å². The summed E-state index contributed by atoms with van der Waals surface area (Å²) in [6.45, 7) is 3.57. The molecule has 0 bridgehead atoms. The number of amides is 2. The molecule has 22 heavy (non-hydrogen) atoms. The summed E-state index contributed by atoms with van der Waals surface area (Å²) in [5.74, 6) is 0.747. The van der Waals surface area contributed by atoms with Crippen LogP contribution in [0.25, 0.3) is 0 Å². The van der Waals surface area contributed by atoms with Crippen LogP contribution in [0, 0.1) is 5.92 Å². The van der Waals surface area contributed by atoms with Gasteiger partial charge < -0.3 is 14.5 Å². The Balaban J connectivity index is 1.51. The molecule has 0 spiro atoms. The fourth-order valence-corrected chi connectivity index (χ4v) is 3.65. The Morgan fingerprint density at radius 2 is 1.64 bits per heavy atom. The van der Waals surface area contributed by atoms with E-state index in [1.165, 1.54) is 0 Å². The van der Waals surface area contributed by atoms with E-state index in [0.29, 0.717) is 32.1 Å². The number of ether oxygens (including phenoxy) is 1. The molecule has 0 aromatic heterocycles. The van der Waals surface area contributed by atoms with Crippen molar-refractivity contribution >= 4 is 11.8 Å². The Labute approximate surface area is 132 Å². The highest BCUT2D eigenvalue weighted by molar-refractivity contribution is 5.84. The predicted molar refractivity (Wildman–Crippen MR) is 82.3 cm³/mol. The molecule has 2 heterocycles. The van der Waals surface area contributed by atoms with Crippen molar-refractivity contribution in [1.82, 2.24) is 14.7 Å². The molecule has 0 aromatic carbocycles. The minimum atomic E-state index is -0.275. The number of likely N-dealkylation sites (tertiary alicyclic amines) is 1. The van der Waals surface area contributed by atoms with Crippen LogP contribution in [0.15, 0.2) is 0 Å². The van der Waals surface area contributed by atoms with E-state index in [1.54, 1.807) is 7.11 Å². The molecule has 2 atom stereocenters. The summed E-state index contributed by atoms with van der Waals surface area (Å²) < 4.78 is 5.38. The van der Waals surface area contributed by atoms with Gasteiger partial charge in [-0.2, -0.15) is 0 Å². The summed E-state index contributed by atoms with van der Waals surface area (Å²) in [7, 11) is 3.64. The molecule has 0 aromatic rings. The van der Waals surface area contributed by atoms with E-state index < -0.39 is 0 Å². The van der Waals surface area contributed by atoms with Crippen LogP contribution in [-0.2, 0) is 14.3 Å². The van der Waals surface area contributed by atoms with E-state index in [2.05, 4.69) is 4.90 Å². The quantitative estimate of drug-likeness (QED) is 0.743. The van der Waals surface area contributed by atoms with Gasteiger partial charge in [0, 0.05) is 33.3 Å². The van der Waals surface area contributed by atoms with Gasteiger partial charge in [0.25, 0.3) is 5.91 Å². The lowest BCUT2D eigenvalue weighted by Gasteiger charge is -2.38. The van der Waals surface area contributed by atoms with Gasteiger partial charge in [-0.1, -0.05) is 0 Å². The number of nitrogens with zero attached hydrogens (tertiary/aromatic N) is 3. The van der Waals surface area contributed by atoms with Crippen molar-refractivity contribution in [2.75, 3.05) is 46.9 Å². The van der Waals surface area contributed by atoms with Gasteiger partial charge in [0.15, 0.2) is 0 Å². The SMILES string of the molecule is CO[C@@H](C(=O)N1CCN(C(=O)[C@@H]2CCCN2C)CC1)C1CC1. The molecule has 1 aliphatic carbocycles. The largest absolute Gasteiger partial charge is 0.371 e. The van der Waals surface area contributed by atoms with Gasteiger partial charge in [-0.15, -0.1) is 0 Å². The third-order valence-electron chi connectivity index (χ3n) is 5.26. The van der Waals surface area contributed by atoms with Gasteiger partial charge in [-0.25, -0.2) is 0 Å². The zero-order chi connectivity index (χ0) is 15.7. The molecule has 0 N–H and O–H groups in total. The first kappa shape index (κ1) is 15.7. The summed E-state index contributed by atoms with van der Waals surface area (Å²) >= 11 is 0. The first-order chi connectivity index (χ1) is 10.6. The fraction of sp³-hybridized carbons (Fsp3) is 0.875. The van der Waals surface area contributed by atoms with Gasteiger partial charge in [0.2, 0.25) is 5.91 Å². The molecule has 3 aliphatic rings. The molecule has 6 nitrogen and oxygen atoms in total. The average Bonchev–Trinajstić information content (AvgIpc) is 3.28. The molecule has 3 rings (SSSR count). The Morgan fingerprint density at radius 3 is 2.14 bits per heavy atom. The first-order valence-electron chi connectivity index (χ1n) is 8.42. The summed E-state index contributed by atoms with van der Waals surface area (Å²) in [4.78, 5) is 31.0. The maximum absolute atomic E-state index is 12.6. The number of rotatable bonds is 4. The van der Waals surface area contributed by atoms with Gasteiger partial charge in [-0.05, 0) is 45.2 Å². The number of hydrogen-bond acceptors (Lipinski definition) is 4. The Morgan fingerprint density at radius 1 is 1.00 bits per heavy atom. The van der Waals surface area contributed by atoms with Crippen LogP contribution in [0.3, 0.4) is 0 Å². The third-order valence-corrected chi connectivity index (χ3v) is 5.26. The third kappa shape index (κ3) is 3.13. The highest BCUT2D eigenvalue weighted by Crippen LogP contribution is 2.35. The van der Waals surface area contributed by atoms with Crippen molar-refractivity contribution in [3.8, 4) is 0 Å². The molecular weight excluding hydrogens is 282 g/mol. The van der Waals surface area contributed by atoms with Gasteiger partial charge in [0.1, 0.15) is 6.10 Å². The van der Waals surface area contributed by atoms with Crippen LogP contribution in [0.5, 0.6) is 0 Å². The predicted octanol–water partition coefficient (Wildman–Crippen LogP) is 0.176. The van der Waals surface area contributed by atoms with Gasteiger partial charge in [-0.3, -0.25) is 14.5 Å². The minimum Gasteiger partial charge on any atom is -0.371 e. The second-order valence-electron chi connectivity index (χ2n) is 6.78. The zero-order valence-electron chi connectivity index (χ0n) is 13.7. The topological polar surface area (TPSA) is 53.1 Å². The average molecular weight is 309 g/mol. The van der Waals surface area contributed by atoms with Crippen molar-refractivity contribution in [2.24, 2.45) is 5.92 Å². The molecule has 2 amide bonds. The maximum atomic E-state index is 12.6. The highest BCUT2D eigenvalue weighted by atomic mass is 16.5. The summed E-state index contributed by atoms with van der Waals surface area (Å²) in [6, 6.07) is 0.0421. The minimum absolute atomic E-state index is 0.0421. The van der Waals surface area contributed by atoms with Crippen LogP contribution in [0.1, 0.15) is 25.7 Å². The number of carbonyl (C=O) groups is 2. The lowest BCUT2D eigenvalue weighted by molar-refractivity contribution is -0.148. The van der Waals surface area contributed by atoms with Gasteiger partial charge >= 0.3 is 0 Å². The Bertz CT molecular complexity index is 408. The number of carbonyl (C=O) groups excluding carboxylic acids is 2. The molecule has 2 saturated heterocycles. The standard InChI is InChI=1S/C16H27N3O3/c1-17-7-3-4-13(17)15(20)18-8-10-19(11-9-18)16(21)14(22-2)12-5-6-12/h12-14H,3-11H2,1-2H3/t13-,14+/m0/s1. The molecule has 1 saturated carbocycles. The Kier molecular flexibility index (Phi) is 4.68. The van der Waals surface area contributed by atoms with E-state index in [0.717, 1.165) is 32.2 Å². The number of methoxy groups -OCH3 is 1. The smallest absolute Gasteiger partial charge is 0.252 e. The van der Waals surface area contributed by atoms with Crippen LogP contribution < -0.4 is 0 Å². The molecule has 3 fully saturated rings. The van der Waals surface area contributed by atoms with Crippen LogP contribution >= 0.6 is 0 Å². The normalized spacial score (nSPS) is 28.0. The van der Waals surface area contributed by atoms with Crippen molar-refractivity contribution in [3.63, 3.8) is 0 Å². The van der Waals surface area contributed by atoms with Crippen LogP contribution in [-0.4, -0.2) is 85.5 Å². The van der Waals surface area contributed by atoms with Crippen molar-refractivity contribution in [2.45, 2.75) is 37.8 Å². The van der Waals surface area contributed by atoms with E-state index in [4.69, 9.17) is 4.74 Å². The Hall–Kier alpha value is -1.14. The van der Waals surface area contributed by atoms with Gasteiger partial charge in [0.05, 0.1) is 6.04 Å². The fourth-order valence-electron chi connectivity index (χ4n) is 3.65. The lowest BCUT2D eigenvalue weighted by Crippen LogP contribution is -2.56. The molecule has 0 radical (unpaired) electrons. The van der Waals surface area contributed by atoms with Crippen LogP contribution in [0.4, 0.5) is 0 Å². The number of likely N-dealkylation sites (N-methyl/N-ethyl adjacent to an activating group) is 1. The summed E-state index contributed by atoms with van der Waals surface area (Å²) in [6.07, 6.45) is 3.97. The molecular formula is C16H27N3O3. The van der Waals surface area contributed by atoms with E-state index in [-0.39, 0.29) is 24.0 Å². The zero-order valence-corrected chi connectivity index (χ0v) is 13.7. The summed E-state index contributed by atoms with van der Waals surface area (Å²) in [5, 5.41) is 0. The number of hydrogen-bond donors (Lipinski definition) is 0. The van der Waals surface area contributed by atoms with Crippen LogP contribution in [0.2, 0.25) is 0 Å². The lowest BCUT2D eigenvalue weighted by atomic mass is 10.1. The molecule has 0 unspecified atom stereocenters. The van der Waals surface area contributed by atoms with E-state index >= 15 is 0 Å².